The van der Waals surface area contributed by atoms with Gasteiger partial charge in [-0.15, -0.1) is 0 Å². The van der Waals surface area contributed by atoms with Crippen LogP contribution in [0.1, 0.15) is 68.8 Å². The second kappa shape index (κ2) is 19.9. The Labute approximate surface area is 340 Å². The molecule has 1 saturated carbocycles. The van der Waals surface area contributed by atoms with E-state index in [1.165, 1.54) is 23.0 Å². The van der Waals surface area contributed by atoms with Crippen molar-refractivity contribution in [1.29, 1.82) is 0 Å². The number of unbranched alkanes of at least 4 members (excludes halogenated alkanes) is 1. The standard InChI is InChI=1S/C50H56O6Si/c1-50(2,3)57(42-25-15-9-16-26-42,43-27-17-10-18-28-43)55-37-45-44(29-19-5-6-20-30-48(51)53-4)46(35-47(45)56-49(52)41-23-13-8-14-24-41)54-36-38-31-33-40(34-32-38)39-21-11-7-12-22-39/h5,7-19,21-28,31-34,44-47H,6,20,29-30,35-37H2,1-4H3/b19-5-/t44-,45-,46+,47-/m1/s1. The molecule has 57 heavy (non-hydrogen) atoms. The largest absolute Gasteiger partial charge is 0.469 e. The quantitative estimate of drug-likeness (QED) is 0.0405. The zero-order chi connectivity index (χ0) is 40.1. The molecule has 296 valence electrons. The Hall–Kier alpha value is -5.08. The molecule has 1 aliphatic rings. The van der Waals surface area contributed by atoms with Crippen LogP contribution in [0.2, 0.25) is 5.04 Å². The molecule has 0 amide bonds. The van der Waals surface area contributed by atoms with Crippen LogP contribution in [-0.2, 0) is 30.0 Å². The van der Waals surface area contributed by atoms with Crippen LogP contribution in [0.25, 0.3) is 11.1 Å². The molecule has 0 spiro atoms. The van der Waals surface area contributed by atoms with Crippen molar-refractivity contribution in [2.75, 3.05) is 13.7 Å². The van der Waals surface area contributed by atoms with E-state index < -0.39 is 14.4 Å². The molecule has 4 atom stereocenters. The third-order valence-electron chi connectivity index (χ3n) is 11.2. The third-order valence-corrected chi connectivity index (χ3v) is 16.2. The van der Waals surface area contributed by atoms with E-state index in [9.17, 15) is 9.59 Å². The first-order valence-electron chi connectivity index (χ1n) is 20.2. The van der Waals surface area contributed by atoms with Gasteiger partial charge < -0.3 is 18.6 Å². The maximum absolute atomic E-state index is 13.8. The number of carbonyl (C=O) groups excluding carboxylic acids is 2. The Morgan fingerprint density at radius 2 is 1.25 bits per heavy atom. The van der Waals surface area contributed by atoms with E-state index in [-0.39, 0.29) is 34.9 Å². The summed E-state index contributed by atoms with van der Waals surface area (Å²) in [5.74, 6) is -0.694. The number of benzene rings is 5. The molecular weight excluding hydrogens is 725 g/mol. The van der Waals surface area contributed by atoms with Gasteiger partial charge in [-0.25, -0.2) is 4.79 Å². The minimum absolute atomic E-state index is 0.00256. The molecule has 1 aliphatic carbocycles. The van der Waals surface area contributed by atoms with Gasteiger partial charge in [0.1, 0.15) is 6.10 Å². The van der Waals surface area contributed by atoms with E-state index in [1.807, 2.05) is 24.3 Å². The van der Waals surface area contributed by atoms with Crippen molar-refractivity contribution in [3.05, 3.63) is 169 Å². The Bertz CT molecular complexity index is 1970. The Morgan fingerprint density at radius 3 is 1.82 bits per heavy atom. The van der Waals surface area contributed by atoms with Crippen molar-refractivity contribution in [3.8, 4) is 11.1 Å². The van der Waals surface area contributed by atoms with Crippen LogP contribution in [0.15, 0.2) is 158 Å². The summed E-state index contributed by atoms with van der Waals surface area (Å²) < 4.78 is 25.7. The van der Waals surface area contributed by atoms with Crippen LogP contribution in [0.4, 0.5) is 0 Å². The van der Waals surface area contributed by atoms with Gasteiger partial charge in [0.25, 0.3) is 8.32 Å². The van der Waals surface area contributed by atoms with Gasteiger partial charge in [-0.2, -0.15) is 0 Å². The number of carbonyl (C=O) groups is 2. The van der Waals surface area contributed by atoms with Gasteiger partial charge in [0.05, 0.1) is 25.4 Å². The van der Waals surface area contributed by atoms with Crippen molar-refractivity contribution >= 4 is 30.6 Å². The summed E-state index contributed by atoms with van der Waals surface area (Å²) >= 11 is 0. The molecule has 0 N–H and O–H groups in total. The Kier molecular flexibility index (Phi) is 14.5. The van der Waals surface area contributed by atoms with Gasteiger partial charge in [-0.05, 0) is 69.4 Å². The molecule has 6 rings (SSSR count). The lowest BCUT2D eigenvalue weighted by Gasteiger charge is -2.44. The fraction of sp³-hybridized carbons (Fsp3) is 0.320. The topological polar surface area (TPSA) is 71.1 Å². The molecular formula is C50H56O6Si. The highest BCUT2D eigenvalue weighted by atomic mass is 28.4. The summed E-state index contributed by atoms with van der Waals surface area (Å²) in [6, 6.07) is 49.4. The van der Waals surface area contributed by atoms with Crippen molar-refractivity contribution in [2.45, 2.75) is 76.7 Å². The molecule has 0 saturated heterocycles. The Balaban J connectivity index is 1.32. The summed E-state index contributed by atoms with van der Waals surface area (Å²) in [5.41, 5.74) is 3.93. The van der Waals surface area contributed by atoms with Gasteiger partial charge in [-0.3, -0.25) is 4.79 Å². The van der Waals surface area contributed by atoms with Crippen LogP contribution < -0.4 is 10.4 Å². The monoisotopic (exact) mass is 780 g/mol. The van der Waals surface area contributed by atoms with E-state index in [2.05, 4.69) is 142 Å². The predicted molar refractivity (Wildman–Crippen MR) is 231 cm³/mol. The van der Waals surface area contributed by atoms with Gasteiger partial charge in [0, 0.05) is 25.4 Å². The fourth-order valence-corrected chi connectivity index (χ4v) is 12.8. The molecule has 0 radical (unpaired) electrons. The smallest absolute Gasteiger partial charge is 0.338 e. The number of ether oxygens (including phenoxy) is 3. The van der Waals surface area contributed by atoms with Crippen molar-refractivity contribution in [1.82, 2.24) is 0 Å². The van der Waals surface area contributed by atoms with E-state index in [4.69, 9.17) is 18.6 Å². The van der Waals surface area contributed by atoms with Crippen LogP contribution in [0.3, 0.4) is 0 Å². The fourth-order valence-electron chi connectivity index (χ4n) is 8.24. The average Bonchev–Trinajstić information content (AvgIpc) is 3.57. The van der Waals surface area contributed by atoms with Crippen LogP contribution in [0, 0.1) is 11.8 Å². The molecule has 0 unspecified atom stereocenters. The first-order valence-corrected chi connectivity index (χ1v) is 22.1. The molecule has 6 nitrogen and oxygen atoms in total. The van der Waals surface area contributed by atoms with Crippen LogP contribution in [-0.4, -0.2) is 46.2 Å². The highest BCUT2D eigenvalue weighted by Gasteiger charge is 2.53. The number of allylic oxidation sites excluding steroid dienone is 2. The molecule has 1 fully saturated rings. The average molecular weight is 781 g/mol. The zero-order valence-electron chi connectivity index (χ0n) is 33.7. The van der Waals surface area contributed by atoms with E-state index in [0.29, 0.717) is 44.5 Å². The summed E-state index contributed by atoms with van der Waals surface area (Å²) in [7, 11) is -1.49. The summed E-state index contributed by atoms with van der Waals surface area (Å²) in [5, 5.41) is 2.18. The minimum atomic E-state index is -2.91. The lowest BCUT2D eigenvalue weighted by Crippen LogP contribution is -2.67. The normalized spacial score (nSPS) is 18.4. The predicted octanol–water partition coefficient (Wildman–Crippen LogP) is 9.97. The Morgan fingerprint density at radius 1 is 0.684 bits per heavy atom. The number of hydrogen-bond acceptors (Lipinski definition) is 6. The lowest BCUT2D eigenvalue weighted by molar-refractivity contribution is -0.140. The van der Waals surface area contributed by atoms with E-state index in [1.54, 1.807) is 12.1 Å². The SMILES string of the molecule is COC(=O)CCC/C=C\C[C@@H]1[C@@H](CO[Si](c2ccccc2)(c2ccccc2)C(C)(C)C)[C@H](OC(=O)c2ccccc2)C[C@@H]1OCc1ccc(-c2ccccc2)cc1. The van der Waals surface area contributed by atoms with Gasteiger partial charge in [0.15, 0.2) is 0 Å². The van der Waals surface area contributed by atoms with Crippen molar-refractivity contribution < 1.29 is 28.2 Å². The zero-order valence-corrected chi connectivity index (χ0v) is 34.7. The van der Waals surface area contributed by atoms with Crippen LogP contribution >= 0.6 is 0 Å². The lowest BCUT2D eigenvalue weighted by atomic mass is 9.90. The molecule has 0 heterocycles. The number of methoxy groups -OCH3 is 1. The van der Waals surface area contributed by atoms with E-state index >= 15 is 0 Å². The van der Waals surface area contributed by atoms with Gasteiger partial charge in [0.2, 0.25) is 0 Å². The molecule has 5 aromatic rings. The molecule has 0 aliphatic heterocycles. The highest BCUT2D eigenvalue weighted by Crippen LogP contribution is 2.43. The molecule has 0 bridgehead atoms. The van der Waals surface area contributed by atoms with Gasteiger partial charge in [-0.1, -0.05) is 166 Å². The maximum Gasteiger partial charge on any atom is 0.338 e. The first-order chi connectivity index (χ1) is 27.7. The van der Waals surface area contributed by atoms with Crippen molar-refractivity contribution in [2.24, 2.45) is 11.8 Å². The second-order valence-electron chi connectivity index (χ2n) is 15.9. The number of rotatable bonds is 17. The maximum atomic E-state index is 13.8. The van der Waals surface area contributed by atoms with Crippen LogP contribution in [0.5, 0.6) is 0 Å². The second-order valence-corrected chi connectivity index (χ2v) is 20.2. The van der Waals surface area contributed by atoms with E-state index in [0.717, 1.165) is 17.5 Å². The highest BCUT2D eigenvalue weighted by molar-refractivity contribution is 6.99. The third kappa shape index (κ3) is 10.5. The minimum Gasteiger partial charge on any atom is -0.469 e. The molecule has 7 heteroatoms. The van der Waals surface area contributed by atoms with Crippen molar-refractivity contribution in [3.63, 3.8) is 0 Å². The summed E-state index contributed by atoms with van der Waals surface area (Å²) in [6.45, 7) is 7.67. The molecule has 0 aromatic heterocycles. The first kappa shape index (κ1) is 41.5. The van der Waals surface area contributed by atoms with Gasteiger partial charge >= 0.3 is 11.9 Å². The molecule has 5 aromatic carbocycles. The summed E-state index contributed by atoms with van der Waals surface area (Å²) in [6.07, 6.45) is 6.84. The number of esters is 2. The number of hydrogen-bond donors (Lipinski definition) is 0. The summed E-state index contributed by atoms with van der Waals surface area (Å²) in [4.78, 5) is 25.5.